The van der Waals surface area contributed by atoms with E-state index < -0.39 is 0 Å². The minimum atomic E-state index is 0.493. The largest absolute Gasteiger partial charge is 0.361 e. The second kappa shape index (κ2) is 5.06. The first kappa shape index (κ1) is 12.2. The van der Waals surface area contributed by atoms with E-state index in [0.29, 0.717) is 5.92 Å². The lowest BCUT2D eigenvalue weighted by Gasteiger charge is -2.10. The summed E-state index contributed by atoms with van der Waals surface area (Å²) in [6, 6.07) is 10.8. The van der Waals surface area contributed by atoms with Crippen LogP contribution in [-0.2, 0) is 0 Å². The topological polar surface area (TPSA) is 15.8 Å². The number of fused-ring (bicyclic) bond motifs is 1. The van der Waals surface area contributed by atoms with Gasteiger partial charge in [-0.2, -0.15) is 0 Å². The smallest absolute Gasteiger partial charge is 0.0463 e. The molecule has 2 aromatic heterocycles. The Morgan fingerprint density at radius 3 is 2.95 bits per heavy atom. The Morgan fingerprint density at radius 1 is 1.32 bits per heavy atom. The molecule has 0 fully saturated rings. The van der Waals surface area contributed by atoms with Gasteiger partial charge in [-0.25, -0.2) is 0 Å². The van der Waals surface area contributed by atoms with E-state index in [-0.39, 0.29) is 0 Å². The Morgan fingerprint density at radius 2 is 2.21 bits per heavy atom. The average Bonchev–Trinajstić information content (AvgIpc) is 3.08. The van der Waals surface area contributed by atoms with Gasteiger partial charge in [-0.3, -0.25) is 0 Å². The molecule has 2 heterocycles. The lowest BCUT2D eigenvalue weighted by atomic mass is 9.94. The van der Waals surface area contributed by atoms with Gasteiger partial charge in [0.2, 0.25) is 0 Å². The monoisotopic (exact) mass is 267 g/mol. The van der Waals surface area contributed by atoms with Gasteiger partial charge in [0, 0.05) is 27.5 Å². The highest BCUT2D eigenvalue weighted by atomic mass is 32.1. The first-order chi connectivity index (χ1) is 9.31. The van der Waals surface area contributed by atoms with Crippen molar-refractivity contribution in [3.63, 3.8) is 0 Å². The number of aromatic nitrogens is 1. The van der Waals surface area contributed by atoms with Crippen LogP contribution in [0.25, 0.3) is 21.3 Å². The molecule has 1 N–H and O–H groups in total. The fourth-order valence-electron chi connectivity index (χ4n) is 2.61. The SMILES string of the molecule is C=CCC(C)c1c[nH]c2cccc(-c3cccs3)c12. The number of thiophene rings is 1. The Hall–Kier alpha value is -1.80. The molecule has 0 aliphatic carbocycles. The van der Waals surface area contributed by atoms with E-state index in [0.717, 1.165) is 6.42 Å². The molecule has 1 nitrogen and oxygen atoms in total. The second-order valence-corrected chi connectivity index (χ2v) is 5.82. The number of benzene rings is 1. The van der Waals surface area contributed by atoms with Crippen LogP contribution in [0.1, 0.15) is 24.8 Å². The molecule has 0 saturated heterocycles. The van der Waals surface area contributed by atoms with Gasteiger partial charge in [0.1, 0.15) is 0 Å². The fourth-order valence-corrected chi connectivity index (χ4v) is 3.37. The van der Waals surface area contributed by atoms with Crippen LogP contribution in [-0.4, -0.2) is 4.98 Å². The minimum absolute atomic E-state index is 0.493. The molecule has 19 heavy (non-hydrogen) atoms. The Labute approximate surface area is 117 Å². The maximum Gasteiger partial charge on any atom is 0.0463 e. The molecule has 0 aliphatic heterocycles. The Balaban J connectivity index is 2.22. The van der Waals surface area contributed by atoms with Gasteiger partial charge in [0.25, 0.3) is 0 Å². The van der Waals surface area contributed by atoms with Crippen LogP contribution < -0.4 is 0 Å². The quantitative estimate of drug-likeness (QED) is 0.594. The number of hydrogen-bond donors (Lipinski definition) is 1. The summed E-state index contributed by atoms with van der Waals surface area (Å²) in [6.45, 7) is 6.11. The highest BCUT2D eigenvalue weighted by Gasteiger charge is 2.14. The zero-order valence-corrected chi connectivity index (χ0v) is 11.8. The molecule has 0 radical (unpaired) electrons. The molecule has 0 spiro atoms. The van der Waals surface area contributed by atoms with Crippen LogP contribution in [0.3, 0.4) is 0 Å². The summed E-state index contributed by atoms with van der Waals surface area (Å²) in [4.78, 5) is 4.73. The van der Waals surface area contributed by atoms with Gasteiger partial charge >= 0.3 is 0 Å². The molecule has 1 aromatic carbocycles. The van der Waals surface area contributed by atoms with Crippen molar-refractivity contribution in [2.75, 3.05) is 0 Å². The van der Waals surface area contributed by atoms with Crippen LogP contribution in [0.2, 0.25) is 0 Å². The van der Waals surface area contributed by atoms with E-state index in [1.54, 1.807) is 11.3 Å². The number of rotatable bonds is 4. The highest BCUT2D eigenvalue weighted by Crippen LogP contribution is 2.37. The number of allylic oxidation sites excluding steroid dienone is 1. The number of H-pyrrole nitrogens is 1. The van der Waals surface area contributed by atoms with E-state index in [1.165, 1.54) is 26.9 Å². The molecule has 0 amide bonds. The summed E-state index contributed by atoms with van der Waals surface area (Å²) in [5.74, 6) is 0.493. The van der Waals surface area contributed by atoms with Crippen molar-refractivity contribution >= 4 is 22.2 Å². The third kappa shape index (κ3) is 2.13. The predicted molar refractivity (Wildman–Crippen MR) is 84.8 cm³/mol. The van der Waals surface area contributed by atoms with Crippen molar-refractivity contribution in [3.8, 4) is 10.4 Å². The normalized spacial score (nSPS) is 12.7. The summed E-state index contributed by atoms with van der Waals surface area (Å²) < 4.78 is 0. The summed E-state index contributed by atoms with van der Waals surface area (Å²) >= 11 is 1.79. The minimum Gasteiger partial charge on any atom is -0.361 e. The molecule has 3 aromatic rings. The fraction of sp³-hybridized carbons (Fsp3) is 0.176. The van der Waals surface area contributed by atoms with Crippen molar-refractivity contribution in [1.82, 2.24) is 4.98 Å². The third-order valence-corrected chi connectivity index (χ3v) is 4.48. The summed E-state index contributed by atoms with van der Waals surface area (Å²) in [7, 11) is 0. The van der Waals surface area contributed by atoms with Gasteiger partial charge in [0.05, 0.1) is 0 Å². The van der Waals surface area contributed by atoms with Crippen LogP contribution in [0.4, 0.5) is 0 Å². The van der Waals surface area contributed by atoms with E-state index >= 15 is 0 Å². The van der Waals surface area contributed by atoms with E-state index in [2.05, 4.69) is 60.4 Å². The molecule has 0 aliphatic rings. The molecule has 0 bridgehead atoms. The summed E-state index contributed by atoms with van der Waals surface area (Å²) in [5, 5.41) is 3.49. The molecule has 2 heteroatoms. The standard InChI is InChI=1S/C17H17NS/c1-3-6-12(2)14-11-18-15-8-4-7-13(17(14)15)16-9-5-10-19-16/h3-5,7-12,18H,1,6H2,2H3. The van der Waals surface area contributed by atoms with Crippen molar-refractivity contribution in [1.29, 1.82) is 0 Å². The molecular weight excluding hydrogens is 250 g/mol. The summed E-state index contributed by atoms with van der Waals surface area (Å²) in [5.41, 5.74) is 3.94. The number of hydrogen-bond acceptors (Lipinski definition) is 1. The van der Waals surface area contributed by atoms with Crippen LogP contribution in [0.5, 0.6) is 0 Å². The van der Waals surface area contributed by atoms with Crippen LogP contribution >= 0.6 is 11.3 Å². The average molecular weight is 267 g/mol. The lowest BCUT2D eigenvalue weighted by Crippen LogP contribution is -1.90. The van der Waals surface area contributed by atoms with E-state index in [9.17, 15) is 0 Å². The van der Waals surface area contributed by atoms with Crippen LogP contribution in [0.15, 0.2) is 54.6 Å². The molecule has 1 unspecified atom stereocenters. The molecule has 0 saturated carbocycles. The lowest BCUT2D eigenvalue weighted by molar-refractivity contribution is 0.789. The van der Waals surface area contributed by atoms with Crippen molar-refractivity contribution in [2.24, 2.45) is 0 Å². The molecule has 3 rings (SSSR count). The van der Waals surface area contributed by atoms with Gasteiger partial charge in [-0.05, 0) is 35.4 Å². The van der Waals surface area contributed by atoms with Gasteiger partial charge < -0.3 is 4.98 Å². The van der Waals surface area contributed by atoms with Gasteiger partial charge in [0.15, 0.2) is 0 Å². The first-order valence-electron chi connectivity index (χ1n) is 6.56. The predicted octanol–water partition coefficient (Wildman–Crippen LogP) is 5.58. The highest BCUT2D eigenvalue weighted by molar-refractivity contribution is 7.13. The van der Waals surface area contributed by atoms with Crippen molar-refractivity contribution in [2.45, 2.75) is 19.3 Å². The van der Waals surface area contributed by atoms with Gasteiger partial charge in [-0.15, -0.1) is 17.9 Å². The first-order valence-corrected chi connectivity index (χ1v) is 7.44. The Bertz CT molecular complexity index is 691. The molecule has 96 valence electrons. The maximum atomic E-state index is 3.85. The molecule has 1 atom stereocenters. The number of nitrogens with one attached hydrogen (secondary N) is 1. The van der Waals surface area contributed by atoms with E-state index in [4.69, 9.17) is 0 Å². The zero-order chi connectivity index (χ0) is 13.2. The third-order valence-electron chi connectivity index (χ3n) is 3.57. The van der Waals surface area contributed by atoms with Crippen LogP contribution in [0, 0.1) is 0 Å². The number of aromatic amines is 1. The zero-order valence-electron chi connectivity index (χ0n) is 11.0. The maximum absolute atomic E-state index is 3.85. The Kier molecular flexibility index (Phi) is 3.26. The van der Waals surface area contributed by atoms with Gasteiger partial charge in [-0.1, -0.05) is 31.2 Å². The summed E-state index contributed by atoms with van der Waals surface area (Å²) in [6.07, 6.45) is 5.15. The van der Waals surface area contributed by atoms with Crippen molar-refractivity contribution < 1.29 is 0 Å². The van der Waals surface area contributed by atoms with Crippen molar-refractivity contribution in [3.05, 3.63) is 60.1 Å². The second-order valence-electron chi connectivity index (χ2n) is 4.87. The molecular formula is C17H17NS. The van der Waals surface area contributed by atoms with E-state index in [1.807, 2.05) is 6.08 Å².